The Morgan fingerprint density at radius 3 is 1.25 bits per heavy atom. The van der Waals surface area contributed by atoms with Gasteiger partial charge in [-0.15, -0.1) is 14.8 Å². The Labute approximate surface area is 42.6 Å². The second kappa shape index (κ2) is 2.85. The van der Waals surface area contributed by atoms with Crippen molar-refractivity contribution in [3.8, 4) is 0 Å². The fourth-order valence-corrected chi connectivity index (χ4v) is 0.0357. The van der Waals surface area contributed by atoms with E-state index in [1.807, 2.05) is 0 Å². The van der Waals surface area contributed by atoms with E-state index in [9.17, 15) is 13.6 Å². The second-order valence-electron chi connectivity index (χ2n) is 0.914. The predicted molar refractivity (Wildman–Crippen MR) is 14.7 cm³/mol. The normalized spacial score (nSPS) is 12.0. The van der Waals surface area contributed by atoms with Crippen molar-refractivity contribution in [1.29, 1.82) is 0 Å². The van der Waals surface area contributed by atoms with Gasteiger partial charge < -0.3 is 0 Å². The van der Waals surface area contributed by atoms with Gasteiger partial charge in [0.2, 0.25) is 0 Å². The highest BCUT2D eigenvalue weighted by atomic mass is 19.3. The maximum Gasteiger partial charge on any atom is 0.381 e. The average Bonchev–Trinajstić information content (AvgIpc) is 1.87. The zero-order valence-corrected chi connectivity index (χ0v) is 3.57. The van der Waals surface area contributed by atoms with Gasteiger partial charge in [0, 0.05) is 6.92 Å². The van der Waals surface area contributed by atoms with E-state index in [1.165, 1.54) is 0 Å². The van der Waals surface area contributed by atoms with Crippen LogP contribution >= 0.6 is 0 Å². The molecule has 0 bridgehead atoms. The van der Waals surface area contributed by atoms with Crippen LogP contribution in [0.1, 0.15) is 0 Å². The van der Waals surface area contributed by atoms with Gasteiger partial charge in [-0.25, -0.2) is 0 Å². The first-order chi connectivity index (χ1) is 3.68. The lowest BCUT2D eigenvalue weighted by atomic mass is 10.7. The minimum absolute atomic E-state index is 2.33. The van der Waals surface area contributed by atoms with Crippen molar-refractivity contribution in [3.05, 3.63) is 6.92 Å². The number of rotatable bonds is 3. The summed E-state index contributed by atoms with van der Waals surface area (Å²) in [4.78, 5) is 7.29. The Kier molecular flexibility index (Phi) is 2.74. The van der Waals surface area contributed by atoms with E-state index in [4.69, 9.17) is 0 Å². The Morgan fingerprint density at radius 2 is 1.25 bits per heavy atom. The molecule has 0 aromatic heterocycles. The fourth-order valence-electron chi connectivity index (χ4n) is 0.0357. The third-order valence-electron chi connectivity index (χ3n) is 0.353. The Hall–Kier alpha value is -0.330. The van der Waals surface area contributed by atoms with Gasteiger partial charge in [0.25, 0.3) is 0 Å². The van der Waals surface area contributed by atoms with E-state index < -0.39 is 5.97 Å². The SMILES string of the molecule is [CH2]C(OF)(OF)OF. The van der Waals surface area contributed by atoms with Gasteiger partial charge in [-0.3, -0.25) is 0 Å². The van der Waals surface area contributed by atoms with Crippen LogP contribution in [-0.2, 0) is 14.8 Å². The number of hydrogen-bond acceptors (Lipinski definition) is 3. The first kappa shape index (κ1) is 7.67. The van der Waals surface area contributed by atoms with E-state index >= 15 is 0 Å². The molecule has 0 spiro atoms. The smallest absolute Gasteiger partial charge is 0.123 e. The quantitative estimate of drug-likeness (QED) is 0.538. The Balaban J connectivity index is 3.58. The van der Waals surface area contributed by atoms with Crippen LogP contribution in [0.4, 0.5) is 13.6 Å². The van der Waals surface area contributed by atoms with E-state index in [0.717, 1.165) is 0 Å². The molecule has 8 heavy (non-hydrogen) atoms. The maximum atomic E-state index is 10.8. The lowest BCUT2D eigenvalue weighted by Gasteiger charge is -2.10. The Bertz CT molecular complexity index is 55.3. The summed E-state index contributed by atoms with van der Waals surface area (Å²) in [6.45, 7) is 2.33. The van der Waals surface area contributed by atoms with E-state index in [2.05, 4.69) is 21.7 Å². The molecule has 0 saturated carbocycles. The van der Waals surface area contributed by atoms with Crippen molar-refractivity contribution >= 4 is 0 Å². The largest absolute Gasteiger partial charge is 0.381 e. The minimum atomic E-state index is -3.12. The maximum absolute atomic E-state index is 10.8. The standard InChI is InChI=1S/C2H2F3O3/c1-2(6-3,7-4)8-5/h1H2. The van der Waals surface area contributed by atoms with Gasteiger partial charge >= 0.3 is 5.97 Å². The average molecular weight is 131 g/mol. The predicted octanol–water partition coefficient (Wildman–Crippen LogP) is 1.18. The lowest BCUT2D eigenvalue weighted by molar-refractivity contribution is -0.527. The molecule has 0 heterocycles. The van der Waals surface area contributed by atoms with E-state index in [0.29, 0.717) is 0 Å². The summed E-state index contributed by atoms with van der Waals surface area (Å²) < 4.78 is 32.2. The highest BCUT2D eigenvalue weighted by Crippen LogP contribution is 2.14. The van der Waals surface area contributed by atoms with Crippen LogP contribution in [0.3, 0.4) is 0 Å². The summed E-state index contributed by atoms with van der Waals surface area (Å²) >= 11 is 0. The molecule has 1 radical (unpaired) electrons. The molecule has 0 unspecified atom stereocenters. The molecule has 0 aromatic carbocycles. The molecule has 0 aliphatic carbocycles. The first-order valence-corrected chi connectivity index (χ1v) is 1.43. The zero-order valence-electron chi connectivity index (χ0n) is 3.57. The van der Waals surface area contributed by atoms with Crippen molar-refractivity contribution in [3.63, 3.8) is 0 Å². The molecule has 0 fully saturated rings. The van der Waals surface area contributed by atoms with Crippen molar-refractivity contribution < 1.29 is 28.4 Å². The highest BCUT2D eigenvalue weighted by molar-refractivity contribution is 4.50. The van der Waals surface area contributed by atoms with Crippen LogP contribution in [0.25, 0.3) is 0 Å². The van der Waals surface area contributed by atoms with Crippen LogP contribution in [0.2, 0.25) is 0 Å². The molecular weight excluding hydrogens is 129 g/mol. The van der Waals surface area contributed by atoms with E-state index in [1.54, 1.807) is 0 Å². The van der Waals surface area contributed by atoms with Gasteiger partial charge in [-0.2, -0.15) is 0 Å². The van der Waals surface area contributed by atoms with Gasteiger partial charge in [-0.1, -0.05) is 0 Å². The monoisotopic (exact) mass is 131 g/mol. The van der Waals surface area contributed by atoms with Gasteiger partial charge in [-0.05, 0) is 13.6 Å². The molecule has 0 aliphatic heterocycles. The minimum Gasteiger partial charge on any atom is -0.123 e. The zero-order chi connectivity index (χ0) is 6.62. The van der Waals surface area contributed by atoms with Gasteiger partial charge in [0.05, 0.1) is 0 Å². The Morgan fingerprint density at radius 1 is 1.00 bits per heavy atom. The van der Waals surface area contributed by atoms with Crippen LogP contribution in [-0.4, -0.2) is 5.97 Å². The first-order valence-electron chi connectivity index (χ1n) is 1.43. The van der Waals surface area contributed by atoms with Crippen molar-refractivity contribution in [2.24, 2.45) is 0 Å². The lowest BCUT2D eigenvalue weighted by Crippen LogP contribution is -2.27. The molecule has 0 saturated heterocycles. The van der Waals surface area contributed by atoms with Crippen LogP contribution < -0.4 is 0 Å². The van der Waals surface area contributed by atoms with Gasteiger partial charge in [0.15, 0.2) is 0 Å². The summed E-state index contributed by atoms with van der Waals surface area (Å²) in [5, 5.41) is 0. The summed E-state index contributed by atoms with van der Waals surface area (Å²) in [7, 11) is 0. The van der Waals surface area contributed by atoms with Crippen LogP contribution in [0, 0.1) is 6.92 Å². The number of halogens is 3. The molecule has 0 aromatic rings. The van der Waals surface area contributed by atoms with Gasteiger partial charge in [0.1, 0.15) is 0 Å². The fraction of sp³-hybridized carbons (Fsp3) is 0.500. The van der Waals surface area contributed by atoms with Crippen molar-refractivity contribution in [2.45, 2.75) is 5.97 Å². The summed E-state index contributed by atoms with van der Waals surface area (Å²) in [6, 6.07) is 0. The molecule has 0 atom stereocenters. The molecule has 3 nitrogen and oxygen atoms in total. The van der Waals surface area contributed by atoms with Crippen LogP contribution in [0.15, 0.2) is 0 Å². The topological polar surface area (TPSA) is 27.7 Å². The highest BCUT2D eigenvalue weighted by Gasteiger charge is 2.32. The second-order valence-corrected chi connectivity index (χ2v) is 0.914. The third-order valence-corrected chi connectivity index (χ3v) is 0.353. The summed E-state index contributed by atoms with van der Waals surface area (Å²) in [5.74, 6) is -3.12. The van der Waals surface area contributed by atoms with Crippen molar-refractivity contribution in [2.75, 3.05) is 0 Å². The summed E-state index contributed by atoms with van der Waals surface area (Å²) in [6.07, 6.45) is 0. The van der Waals surface area contributed by atoms with Crippen molar-refractivity contribution in [1.82, 2.24) is 0 Å². The molecule has 0 aliphatic rings. The third kappa shape index (κ3) is 1.65. The summed E-state index contributed by atoms with van der Waals surface area (Å²) in [5.41, 5.74) is 0. The number of hydrogen-bond donors (Lipinski definition) is 0. The van der Waals surface area contributed by atoms with E-state index in [-0.39, 0.29) is 0 Å². The molecule has 0 rings (SSSR count). The molecule has 0 amide bonds. The molecule has 0 N–H and O–H groups in total. The molecule has 49 valence electrons. The van der Waals surface area contributed by atoms with Crippen LogP contribution in [0.5, 0.6) is 0 Å². The molecule has 6 heteroatoms. The molecular formula is C2H2F3O3.